The Balaban J connectivity index is 2.04. The summed E-state index contributed by atoms with van der Waals surface area (Å²) in [6.07, 6.45) is 2.40. The van der Waals surface area contributed by atoms with Crippen LogP contribution in [0.1, 0.15) is 18.4 Å². The predicted octanol–water partition coefficient (Wildman–Crippen LogP) is 2.55. The van der Waals surface area contributed by atoms with Crippen molar-refractivity contribution in [3.05, 3.63) is 28.1 Å². The molecule has 0 N–H and O–H groups in total. The van der Waals surface area contributed by atoms with Crippen molar-refractivity contribution in [3.8, 4) is 0 Å². The summed E-state index contributed by atoms with van der Waals surface area (Å²) in [7, 11) is 0. The van der Waals surface area contributed by atoms with Crippen molar-refractivity contribution in [2.75, 3.05) is 19.6 Å². The maximum Gasteiger partial charge on any atom is 0.297 e. The van der Waals surface area contributed by atoms with Crippen LogP contribution < -0.4 is 0 Å². The molecule has 0 saturated carbocycles. The molecule has 1 aromatic rings. The van der Waals surface area contributed by atoms with E-state index in [0.29, 0.717) is 6.54 Å². The molecule has 0 aromatic carbocycles. The topological polar surface area (TPSA) is 45.0 Å². The first kappa shape index (κ1) is 10.7. The van der Waals surface area contributed by atoms with Gasteiger partial charge in [0.1, 0.15) is 6.54 Å². The lowest BCUT2D eigenvalue weighted by atomic mass is 10.0. The maximum atomic E-state index is 11.9. The Morgan fingerprint density at radius 1 is 1.29 bits per heavy atom. The van der Waals surface area contributed by atoms with Gasteiger partial charge >= 0.3 is 0 Å². The van der Waals surface area contributed by atoms with Gasteiger partial charge in [0.25, 0.3) is 5.91 Å². The summed E-state index contributed by atoms with van der Waals surface area (Å²) in [4.78, 5) is 14.2. The molecule has 0 unspecified atom stereocenters. The molecule has 0 aliphatic carbocycles. The van der Waals surface area contributed by atoms with E-state index in [1.165, 1.54) is 12.8 Å². The second kappa shape index (κ2) is 4.41. The van der Waals surface area contributed by atoms with E-state index in [1.807, 2.05) is 16.8 Å². The van der Waals surface area contributed by atoms with Gasteiger partial charge in [-0.05, 0) is 35.2 Å². The number of carbonyl (C=O) groups excluding carboxylic acids is 1. The minimum Gasteiger partial charge on any atom is -0.373 e. The molecule has 2 aliphatic heterocycles. The van der Waals surface area contributed by atoms with Crippen molar-refractivity contribution >= 4 is 22.8 Å². The molecule has 1 aromatic heterocycles. The molecule has 4 nitrogen and oxygen atoms in total. The largest absolute Gasteiger partial charge is 0.373 e. The summed E-state index contributed by atoms with van der Waals surface area (Å²) in [5.74, 6) is -0.198. The lowest BCUT2D eigenvalue weighted by Crippen LogP contribution is -2.25. The molecule has 3 heterocycles. The maximum absolute atomic E-state index is 11.9. The average Bonchev–Trinajstić information content (AvgIpc) is 3.02. The highest BCUT2D eigenvalue weighted by atomic mass is 32.1. The number of azo groups is 1. The molecular weight excluding hydrogens is 234 g/mol. The molecule has 1 saturated heterocycles. The highest BCUT2D eigenvalue weighted by Crippen LogP contribution is 2.29. The Kier molecular flexibility index (Phi) is 2.76. The first-order chi connectivity index (χ1) is 8.36. The van der Waals surface area contributed by atoms with E-state index in [0.717, 1.165) is 29.9 Å². The Labute approximate surface area is 104 Å². The van der Waals surface area contributed by atoms with Crippen molar-refractivity contribution in [2.45, 2.75) is 12.8 Å². The molecule has 0 spiro atoms. The average molecular weight is 247 g/mol. The second-order valence-electron chi connectivity index (χ2n) is 4.23. The zero-order valence-electron chi connectivity index (χ0n) is 9.43. The van der Waals surface area contributed by atoms with Crippen LogP contribution in [-0.2, 0) is 4.79 Å². The van der Waals surface area contributed by atoms with Crippen LogP contribution in [0.15, 0.2) is 32.8 Å². The molecule has 1 fully saturated rings. The smallest absolute Gasteiger partial charge is 0.297 e. The van der Waals surface area contributed by atoms with Crippen LogP contribution in [0.4, 0.5) is 0 Å². The van der Waals surface area contributed by atoms with Crippen molar-refractivity contribution in [2.24, 2.45) is 10.2 Å². The van der Waals surface area contributed by atoms with Crippen molar-refractivity contribution in [3.63, 3.8) is 0 Å². The van der Waals surface area contributed by atoms with Gasteiger partial charge in [0, 0.05) is 13.1 Å². The van der Waals surface area contributed by atoms with Gasteiger partial charge in [-0.25, -0.2) is 0 Å². The molecule has 0 bridgehead atoms. The number of hydrogen-bond acceptors (Lipinski definition) is 4. The molecule has 5 heteroatoms. The van der Waals surface area contributed by atoms with Gasteiger partial charge in [0.15, 0.2) is 0 Å². The highest BCUT2D eigenvalue weighted by Gasteiger charge is 2.26. The van der Waals surface area contributed by atoms with Gasteiger partial charge < -0.3 is 4.90 Å². The van der Waals surface area contributed by atoms with Crippen molar-refractivity contribution < 1.29 is 4.79 Å². The van der Waals surface area contributed by atoms with Crippen LogP contribution in [0, 0.1) is 0 Å². The quantitative estimate of drug-likeness (QED) is 0.806. The number of amides is 1. The second-order valence-corrected chi connectivity index (χ2v) is 5.01. The number of likely N-dealkylation sites (tertiary alicyclic amines) is 1. The van der Waals surface area contributed by atoms with Crippen LogP contribution in [0.25, 0.3) is 5.57 Å². The summed E-state index contributed by atoms with van der Waals surface area (Å²) in [5.41, 5.74) is 2.80. The van der Waals surface area contributed by atoms with E-state index >= 15 is 0 Å². The number of nitrogens with zero attached hydrogens (tertiary/aromatic N) is 3. The van der Waals surface area contributed by atoms with E-state index in [-0.39, 0.29) is 5.91 Å². The van der Waals surface area contributed by atoms with E-state index in [1.54, 1.807) is 11.3 Å². The Morgan fingerprint density at radius 3 is 2.82 bits per heavy atom. The number of hydrogen-bond donors (Lipinski definition) is 0. The number of carbonyl (C=O) groups is 1. The first-order valence-corrected chi connectivity index (χ1v) is 6.73. The zero-order chi connectivity index (χ0) is 11.7. The fourth-order valence-corrected chi connectivity index (χ4v) is 3.01. The minimum absolute atomic E-state index is 0.198. The summed E-state index contributed by atoms with van der Waals surface area (Å²) in [6.45, 7) is 2.61. The molecule has 17 heavy (non-hydrogen) atoms. The first-order valence-electron chi connectivity index (χ1n) is 5.79. The molecule has 3 rings (SSSR count). The van der Waals surface area contributed by atoms with Gasteiger partial charge in [0.05, 0.1) is 11.3 Å². The predicted molar refractivity (Wildman–Crippen MR) is 66.8 cm³/mol. The fraction of sp³-hybridized carbons (Fsp3) is 0.417. The SMILES string of the molecule is O=C1N=NCC(N2CCCC2)=C1c1ccsc1. The summed E-state index contributed by atoms with van der Waals surface area (Å²) in [5, 5.41) is 11.6. The minimum atomic E-state index is -0.198. The van der Waals surface area contributed by atoms with E-state index in [9.17, 15) is 4.79 Å². The standard InChI is InChI=1S/C12H13N3OS/c16-12-11(9-3-6-17-8-9)10(7-13-14-12)15-4-1-2-5-15/h3,6,8H,1-2,4-5,7H2. The van der Waals surface area contributed by atoms with Gasteiger partial charge in [-0.3, -0.25) is 4.79 Å². The third-order valence-corrected chi connectivity index (χ3v) is 3.87. The third-order valence-electron chi connectivity index (χ3n) is 3.18. The summed E-state index contributed by atoms with van der Waals surface area (Å²) < 4.78 is 0. The van der Waals surface area contributed by atoms with Crippen LogP contribution in [0.3, 0.4) is 0 Å². The van der Waals surface area contributed by atoms with Crippen LogP contribution in [0.5, 0.6) is 0 Å². The lowest BCUT2D eigenvalue weighted by Gasteiger charge is -2.24. The Bertz CT molecular complexity index is 484. The Morgan fingerprint density at radius 2 is 2.12 bits per heavy atom. The van der Waals surface area contributed by atoms with Crippen LogP contribution >= 0.6 is 11.3 Å². The molecule has 0 atom stereocenters. The van der Waals surface area contributed by atoms with E-state index in [2.05, 4.69) is 15.1 Å². The number of rotatable bonds is 2. The summed E-state index contributed by atoms with van der Waals surface area (Å²) in [6, 6.07) is 1.98. The molecule has 2 aliphatic rings. The third kappa shape index (κ3) is 1.91. The van der Waals surface area contributed by atoms with Gasteiger partial charge in [0.2, 0.25) is 0 Å². The Hall–Kier alpha value is -1.49. The van der Waals surface area contributed by atoms with Gasteiger partial charge in [-0.2, -0.15) is 16.5 Å². The molecular formula is C12H13N3OS. The van der Waals surface area contributed by atoms with Gasteiger partial charge in [-0.1, -0.05) is 0 Å². The van der Waals surface area contributed by atoms with E-state index < -0.39 is 0 Å². The molecule has 88 valence electrons. The fourth-order valence-electron chi connectivity index (χ4n) is 2.36. The monoisotopic (exact) mass is 247 g/mol. The van der Waals surface area contributed by atoms with Crippen molar-refractivity contribution in [1.29, 1.82) is 0 Å². The van der Waals surface area contributed by atoms with Crippen LogP contribution in [-0.4, -0.2) is 30.4 Å². The van der Waals surface area contributed by atoms with Crippen molar-refractivity contribution in [1.82, 2.24) is 4.90 Å². The summed E-state index contributed by atoms with van der Waals surface area (Å²) >= 11 is 1.60. The van der Waals surface area contributed by atoms with E-state index in [4.69, 9.17) is 0 Å². The van der Waals surface area contributed by atoms with Crippen LogP contribution in [0.2, 0.25) is 0 Å². The zero-order valence-corrected chi connectivity index (χ0v) is 10.2. The number of thiophene rings is 1. The highest BCUT2D eigenvalue weighted by molar-refractivity contribution is 7.08. The molecule has 1 amide bonds. The normalized spacial score (nSPS) is 20.5. The lowest BCUT2D eigenvalue weighted by molar-refractivity contribution is -0.113. The van der Waals surface area contributed by atoms with Gasteiger partial charge in [-0.15, -0.1) is 5.11 Å². The molecule has 0 radical (unpaired) electrons.